The van der Waals surface area contributed by atoms with Gasteiger partial charge in [0.1, 0.15) is 0 Å². The Balaban J connectivity index is 2.22. The van der Waals surface area contributed by atoms with Gasteiger partial charge in [-0.15, -0.1) is 12.6 Å². The van der Waals surface area contributed by atoms with E-state index in [-0.39, 0.29) is 5.92 Å². The van der Waals surface area contributed by atoms with Crippen LogP contribution in [0.5, 0.6) is 0 Å². The number of hydrogen-bond donors (Lipinski definition) is 3. The van der Waals surface area contributed by atoms with Crippen LogP contribution in [0.2, 0.25) is 5.02 Å². The lowest BCUT2D eigenvalue weighted by molar-refractivity contribution is -0.741. The molecule has 3 rings (SSSR count). The maximum atomic E-state index is 11.0. The Hall–Kier alpha value is -2.00. The van der Waals surface area contributed by atoms with E-state index in [1.54, 1.807) is 19.1 Å². The number of hydrogen-bond acceptors (Lipinski definition) is 4. The van der Waals surface area contributed by atoms with E-state index < -0.39 is 11.8 Å². The Morgan fingerprint density at radius 2 is 1.88 bits per heavy atom. The van der Waals surface area contributed by atoms with E-state index in [0.29, 0.717) is 15.6 Å². The fourth-order valence-electron chi connectivity index (χ4n) is 3.21. The molecule has 1 aromatic carbocycles. The number of benzene rings is 1. The van der Waals surface area contributed by atoms with Crippen molar-refractivity contribution in [1.82, 2.24) is 5.32 Å². The molecular weight excluding hydrogens is 342 g/mol. The molecule has 0 unspecified atom stereocenters. The van der Waals surface area contributed by atoms with Crippen molar-refractivity contribution in [2.45, 2.75) is 24.6 Å². The van der Waals surface area contributed by atoms with Crippen LogP contribution in [0.25, 0.3) is 0 Å². The molecule has 0 bridgehead atoms. The van der Waals surface area contributed by atoms with E-state index in [9.17, 15) is 10.4 Å². The highest BCUT2D eigenvalue weighted by Gasteiger charge is 2.51. The first kappa shape index (κ1) is 16.8. The fourth-order valence-corrected chi connectivity index (χ4v) is 3.75. The van der Waals surface area contributed by atoms with Gasteiger partial charge in [-0.1, -0.05) is 29.8 Å². The third-order valence-electron chi connectivity index (χ3n) is 4.24. The highest BCUT2D eigenvalue weighted by atomic mass is 35.5. The summed E-state index contributed by atoms with van der Waals surface area (Å²) in [4.78, 5) is 0. The van der Waals surface area contributed by atoms with E-state index >= 15 is 0 Å². The van der Waals surface area contributed by atoms with Crippen molar-refractivity contribution >= 4 is 24.2 Å². The van der Waals surface area contributed by atoms with Gasteiger partial charge in [-0.3, -0.25) is 0 Å². The molecule has 1 aliphatic rings. The second kappa shape index (κ2) is 6.48. The molecular formula is C18H17ClN3OS+. The molecule has 0 spiro atoms. The molecule has 1 aliphatic heterocycles. The standard InChI is InChI=1S/C18H16ClN3OS/c1-18(23)16(22-9-3-2-4-10-22)15(14(11-20)17(24)21-18)12-5-7-13(19)8-6-12/h2-10,15-16,21,23H,1H3/p+1/t15-,16+,18-/m1/s1. The number of rotatable bonds is 2. The predicted octanol–water partition coefficient (Wildman–Crippen LogP) is 2.93. The second-order valence-electron chi connectivity index (χ2n) is 5.94. The van der Waals surface area contributed by atoms with Crippen molar-refractivity contribution in [3.63, 3.8) is 0 Å². The summed E-state index contributed by atoms with van der Waals surface area (Å²) < 4.78 is 1.91. The molecule has 0 radical (unpaired) electrons. The molecule has 2 N–H and O–H groups in total. The van der Waals surface area contributed by atoms with Gasteiger partial charge in [-0.25, -0.2) is 0 Å². The molecule has 0 saturated carbocycles. The van der Waals surface area contributed by atoms with Gasteiger partial charge in [0.15, 0.2) is 18.1 Å². The molecule has 122 valence electrons. The van der Waals surface area contributed by atoms with E-state index in [4.69, 9.17) is 11.6 Å². The summed E-state index contributed by atoms with van der Waals surface area (Å²) in [5, 5.41) is 24.6. The maximum absolute atomic E-state index is 11.0. The first-order chi connectivity index (χ1) is 11.4. The quantitative estimate of drug-likeness (QED) is 0.571. The average Bonchev–Trinajstić information content (AvgIpc) is 2.55. The number of pyridine rings is 1. The van der Waals surface area contributed by atoms with Crippen molar-refractivity contribution < 1.29 is 9.67 Å². The van der Waals surface area contributed by atoms with Gasteiger partial charge in [-0.2, -0.15) is 9.83 Å². The van der Waals surface area contributed by atoms with E-state index in [2.05, 4.69) is 24.0 Å². The molecule has 1 aromatic heterocycles. The van der Waals surface area contributed by atoms with Crippen LogP contribution in [0.4, 0.5) is 0 Å². The minimum absolute atomic E-state index is 0.358. The van der Waals surface area contributed by atoms with Crippen LogP contribution in [0.1, 0.15) is 24.4 Å². The largest absolute Gasteiger partial charge is 0.366 e. The average molecular weight is 359 g/mol. The molecule has 0 amide bonds. The van der Waals surface area contributed by atoms with Crippen LogP contribution in [0.15, 0.2) is 65.5 Å². The van der Waals surface area contributed by atoms with Crippen LogP contribution in [0, 0.1) is 11.3 Å². The minimum Gasteiger partial charge on any atom is -0.366 e. The number of aromatic nitrogens is 1. The third-order valence-corrected chi connectivity index (χ3v) is 4.84. The third kappa shape index (κ3) is 3.01. The van der Waals surface area contributed by atoms with Gasteiger partial charge in [0.25, 0.3) is 0 Å². The lowest BCUT2D eigenvalue weighted by Crippen LogP contribution is -2.62. The monoisotopic (exact) mass is 358 g/mol. The summed E-state index contributed by atoms with van der Waals surface area (Å²) in [6, 6.07) is 14.8. The van der Waals surface area contributed by atoms with Crippen molar-refractivity contribution in [3.8, 4) is 6.07 Å². The van der Waals surface area contributed by atoms with Gasteiger partial charge < -0.3 is 10.4 Å². The zero-order chi connectivity index (χ0) is 17.3. The lowest BCUT2D eigenvalue weighted by Gasteiger charge is -2.39. The lowest BCUT2D eigenvalue weighted by atomic mass is 9.78. The van der Waals surface area contributed by atoms with Crippen molar-refractivity contribution in [1.29, 1.82) is 5.26 Å². The number of allylic oxidation sites excluding steroid dienone is 1. The van der Waals surface area contributed by atoms with Gasteiger partial charge in [0.05, 0.1) is 22.6 Å². The van der Waals surface area contributed by atoms with Crippen LogP contribution in [0.3, 0.4) is 0 Å². The second-order valence-corrected chi connectivity index (χ2v) is 6.83. The Labute approximate surface area is 151 Å². The molecule has 4 nitrogen and oxygen atoms in total. The van der Waals surface area contributed by atoms with Crippen molar-refractivity contribution in [2.24, 2.45) is 0 Å². The zero-order valence-corrected chi connectivity index (χ0v) is 14.7. The first-order valence-corrected chi connectivity index (χ1v) is 8.31. The number of nitriles is 1. The summed E-state index contributed by atoms with van der Waals surface area (Å²) in [7, 11) is 0. The van der Waals surface area contributed by atoms with Crippen LogP contribution in [-0.4, -0.2) is 10.8 Å². The van der Waals surface area contributed by atoms with Crippen LogP contribution >= 0.6 is 24.2 Å². The summed E-state index contributed by atoms with van der Waals surface area (Å²) in [6.45, 7) is 1.69. The van der Waals surface area contributed by atoms with Gasteiger partial charge in [0, 0.05) is 17.2 Å². The van der Waals surface area contributed by atoms with Gasteiger partial charge in [0.2, 0.25) is 6.04 Å². The highest BCUT2D eigenvalue weighted by molar-refractivity contribution is 7.84. The number of thiol groups is 1. The van der Waals surface area contributed by atoms with Crippen LogP contribution < -0.4 is 9.88 Å². The Bertz CT molecular complexity index is 812. The first-order valence-electron chi connectivity index (χ1n) is 7.49. The highest BCUT2D eigenvalue weighted by Crippen LogP contribution is 2.43. The van der Waals surface area contributed by atoms with Gasteiger partial charge in [-0.05, 0) is 24.6 Å². The maximum Gasteiger partial charge on any atom is 0.216 e. The zero-order valence-electron chi connectivity index (χ0n) is 13.0. The van der Waals surface area contributed by atoms with E-state index in [0.717, 1.165) is 5.56 Å². The van der Waals surface area contributed by atoms with Crippen molar-refractivity contribution in [3.05, 3.63) is 76.0 Å². The minimum atomic E-state index is -1.28. The van der Waals surface area contributed by atoms with E-state index in [1.165, 1.54) is 0 Å². The summed E-state index contributed by atoms with van der Waals surface area (Å²) in [6.07, 6.45) is 3.75. The number of nitrogens with zero attached hydrogens (tertiary/aromatic N) is 2. The molecule has 0 saturated heterocycles. The van der Waals surface area contributed by atoms with Crippen LogP contribution in [-0.2, 0) is 0 Å². The molecule has 0 aliphatic carbocycles. The fraction of sp³-hybridized carbons (Fsp3) is 0.222. The van der Waals surface area contributed by atoms with Gasteiger partial charge >= 0.3 is 0 Å². The Kier molecular flexibility index (Phi) is 4.55. The molecule has 3 atom stereocenters. The van der Waals surface area contributed by atoms with E-state index in [1.807, 2.05) is 47.3 Å². The molecule has 2 heterocycles. The smallest absolute Gasteiger partial charge is 0.216 e. The summed E-state index contributed by atoms with van der Waals surface area (Å²) in [5.41, 5.74) is 0.0903. The molecule has 0 fully saturated rings. The number of nitrogens with one attached hydrogen (secondary N) is 1. The number of halogens is 1. The summed E-state index contributed by atoms with van der Waals surface area (Å²) >= 11 is 10.4. The molecule has 6 heteroatoms. The normalized spacial score (nSPS) is 26.6. The predicted molar refractivity (Wildman–Crippen MR) is 95.3 cm³/mol. The Morgan fingerprint density at radius 3 is 2.46 bits per heavy atom. The molecule has 24 heavy (non-hydrogen) atoms. The topological polar surface area (TPSA) is 59.9 Å². The summed E-state index contributed by atoms with van der Waals surface area (Å²) in [5.74, 6) is -0.358. The van der Waals surface area contributed by atoms with Crippen molar-refractivity contribution in [2.75, 3.05) is 0 Å². The SMILES string of the molecule is C[C@]1(O)NC(S)=C(C#N)[C@@H](c2ccc(Cl)cc2)[C@@H]1[n+]1ccccc1. The Morgan fingerprint density at radius 1 is 1.25 bits per heavy atom. The number of aliphatic hydroxyl groups is 1. The molecule has 2 aromatic rings.